The van der Waals surface area contributed by atoms with E-state index in [-0.39, 0.29) is 5.05 Å². The molecule has 0 fully saturated rings. The van der Waals surface area contributed by atoms with Crippen molar-refractivity contribution in [2.24, 2.45) is 0 Å². The highest BCUT2D eigenvalue weighted by molar-refractivity contribution is 7.80. The van der Waals surface area contributed by atoms with Crippen molar-refractivity contribution >= 4 is 17.3 Å². The molecule has 0 amide bonds. The smallest absolute Gasteiger partial charge is 0.170 e. The third kappa shape index (κ3) is 4.36. The largest absolute Gasteiger partial charge is 0.501 e. The summed E-state index contributed by atoms with van der Waals surface area (Å²) < 4.78 is 0. The van der Waals surface area contributed by atoms with Crippen molar-refractivity contribution in [3.8, 4) is 0 Å². The van der Waals surface area contributed by atoms with Crippen molar-refractivity contribution in [3.63, 3.8) is 0 Å². The van der Waals surface area contributed by atoms with Crippen molar-refractivity contribution in [2.75, 3.05) is 19.6 Å². The second-order valence-corrected chi connectivity index (χ2v) is 2.33. The quantitative estimate of drug-likeness (QED) is 0.605. The first-order valence-electron chi connectivity index (χ1n) is 3.14. The van der Waals surface area contributed by atoms with Crippen LogP contribution in [0.15, 0.2) is 0 Å². The van der Waals surface area contributed by atoms with E-state index in [0.29, 0.717) is 6.54 Å². The van der Waals surface area contributed by atoms with Gasteiger partial charge in [0.25, 0.3) is 0 Å². The summed E-state index contributed by atoms with van der Waals surface area (Å²) >= 11 is 4.52. The lowest BCUT2D eigenvalue weighted by atomic mass is 10.5. The van der Waals surface area contributed by atoms with Gasteiger partial charge in [0.2, 0.25) is 0 Å². The zero-order chi connectivity index (χ0) is 7.28. The summed E-state index contributed by atoms with van der Waals surface area (Å²) in [7, 11) is 0. The van der Waals surface area contributed by atoms with Gasteiger partial charge in [0.05, 0.1) is 6.54 Å². The van der Waals surface area contributed by atoms with Crippen LogP contribution in [0.4, 0.5) is 0 Å². The van der Waals surface area contributed by atoms with Crippen LogP contribution in [0, 0.1) is 0 Å². The summed E-state index contributed by atoms with van der Waals surface area (Å²) in [6, 6.07) is 0. The number of nitrogens with zero attached hydrogens (tertiary/aromatic N) is 1. The predicted molar refractivity (Wildman–Crippen MR) is 43.0 cm³/mol. The maximum atomic E-state index is 8.67. The van der Waals surface area contributed by atoms with E-state index in [4.69, 9.17) is 5.11 Å². The van der Waals surface area contributed by atoms with E-state index in [2.05, 4.69) is 17.1 Å². The number of thiocarbonyl (C=S) groups is 1. The van der Waals surface area contributed by atoms with Crippen LogP contribution < -0.4 is 0 Å². The SMILES string of the molecule is CCN(CC)CC(O)=S. The molecular formula is C6H13NOS. The van der Waals surface area contributed by atoms with Gasteiger partial charge in [-0.3, -0.25) is 4.90 Å². The number of aliphatic hydroxyl groups excluding tert-OH is 1. The molecule has 2 nitrogen and oxygen atoms in total. The molecule has 0 aliphatic heterocycles. The molecule has 0 spiro atoms. The Morgan fingerprint density at radius 2 is 1.89 bits per heavy atom. The van der Waals surface area contributed by atoms with Gasteiger partial charge in [-0.05, 0) is 25.3 Å². The maximum absolute atomic E-state index is 8.67. The molecule has 0 rings (SSSR count). The van der Waals surface area contributed by atoms with Crippen molar-refractivity contribution in [1.82, 2.24) is 4.90 Å². The highest BCUT2D eigenvalue weighted by atomic mass is 32.1. The van der Waals surface area contributed by atoms with Crippen LogP contribution >= 0.6 is 12.2 Å². The third-order valence-electron chi connectivity index (χ3n) is 1.25. The standard InChI is InChI=1S/C6H13NOS/c1-3-7(4-2)5-6(8)9/h3-5H2,1-2H3,(H,8,9). The van der Waals surface area contributed by atoms with E-state index in [0.717, 1.165) is 13.1 Å². The number of rotatable bonds is 4. The van der Waals surface area contributed by atoms with Crippen LogP contribution in [0.5, 0.6) is 0 Å². The van der Waals surface area contributed by atoms with E-state index >= 15 is 0 Å². The van der Waals surface area contributed by atoms with Crippen molar-refractivity contribution in [2.45, 2.75) is 13.8 Å². The Morgan fingerprint density at radius 1 is 1.44 bits per heavy atom. The lowest BCUT2D eigenvalue weighted by molar-refractivity contribution is 0.330. The van der Waals surface area contributed by atoms with Gasteiger partial charge >= 0.3 is 0 Å². The van der Waals surface area contributed by atoms with Crippen LogP contribution in [0.2, 0.25) is 0 Å². The minimum Gasteiger partial charge on any atom is -0.501 e. The molecule has 0 saturated carbocycles. The first-order valence-corrected chi connectivity index (χ1v) is 3.55. The Labute approximate surface area is 61.5 Å². The first kappa shape index (κ1) is 8.85. The number of aliphatic hydroxyl groups is 1. The minimum absolute atomic E-state index is 0.0821. The predicted octanol–water partition coefficient (Wildman–Crippen LogP) is 1.21. The summed E-state index contributed by atoms with van der Waals surface area (Å²) in [6.07, 6.45) is 0. The van der Waals surface area contributed by atoms with Crippen molar-refractivity contribution < 1.29 is 5.11 Å². The van der Waals surface area contributed by atoms with Gasteiger partial charge in [0, 0.05) is 0 Å². The van der Waals surface area contributed by atoms with Crippen LogP contribution in [-0.2, 0) is 0 Å². The Balaban J connectivity index is 3.43. The number of likely N-dealkylation sites (N-methyl/N-ethyl adjacent to an activating group) is 1. The second-order valence-electron chi connectivity index (χ2n) is 1.86. The molecule has 0 atom stereocenters. The molecule has 0 bridgehead atoms. The topological polar surface area (TPSA) is 23.5 Å². The molecule has 0 heterocycles. The zero-order valence-electron chi connectivity index (χ0n) is 5.92. The van der Waals surface area contributed by atoms with Crippen LogP contribution in [-0.4, -0.2) is 34.7 Å². The summed E-state index contributed by atoms with van der Waals surface area (Å²) in [5.41, 5.74) is 0. The fourth-order valence-corrected chi connectivity index (χ4v) is 0.821. The van der Waals surface area contributed by atoms with E-state index in [1.54, 1.807) is 0 Å². The molecule has 3 heteroatoms. The first-order chi connectivity index (χ1) is 4.20. The van der Waals surface area contributed by atoms with Gasteiger partial charge in [-0.2, -0.15) is 0 Å². The lowest BCUT2D eigenvalue weighted by Gasteiger charge is -2.15. The molecule has 0 aliphatic rings. The van der Waals surface area contributed by atoms with Gasteiger partial charge in [0.1, 0.15) is 0 Å². The summed E-state index contributed by atoms with van der Waals surface area (Å²) in [5, 5.41) is 8.76. The molecule has 0 aromatic carbocycles. The van der Waals surface area contributed by atoms with Gasteiger partial charge in [0.15, 0.2) is 5.05 Å². The van der Waals surface area contributed by atoms with Gasteiger partial charge in [-0.25, -0.2) is 0 Å². The molecular weight excluding hydrogens is 134 g/mol. The average molecular weight is 147 g/mol. The summed E-state index contributed by atoms with van der Waals surface area (Å²) in [5.74, 6) is 0. The Kier molecular flexibility index (Phi) is 4.62. The van der Waals surface area contributed by atoms with Crippen LogP contribution in [0.25, 0.3) is 0 Å². The fourth-order valence-electron chi connectivity index (χ4n) is 0.639. The maximum Gasteiger partial charge on any atom is 0.170 e. The van der Waals surface area contributed by atoms with Crippen LogP contribution in [0.3, 0.4) is 0 Å². The minimum atomic E-state index is 0.0821. The molecule has 0 radical (unpaired) electrons. The molecule has 1 N–H and O–H groups in total. The van der Waals surface area contributed by atoms with Crippen LogP contribution in [0.1, 0.15) is 13.8 Å². The van der Waals surface area contributed by atoms with Gasteiger partial charge < -0.3 is 5.11 Å². The normalized spacial score (nSPS) is 10.1. The summed E-state index contributed by atoms with van der Waals surface area (Å²) in [6.45, 7) is 6.50. The number of hydrogen-bond acceptors (Lipinski definition) is 2. The molecule has 54 valence electrons. The van der Waals surface area contributed by atoms with E-state index < -0.39 is 0 Å². The molecule has 0 saturated heterocycles. The fraction of sp³-hybridized carbons (Fsp3) is 0.833. The number of hydrogen-bond donors (Lipinski definition) is 1. The molecule has 0 aromatic heterocycles. The average Bonchev–Trinajstić information content (AvgIpc) is 1.82. The van der Waals surface area contributed by atoms with Gasteiger partial charge in [-0.1, -0.05) is 13.8 Å². The Morgan fingerprint density at radius 3 is 2.00 bits per heavy atom. The van der Waals surface area contributed by atoms with E-state index in [1.807, 2.05) is 13.8 Å². The highest BCUT2D eigenvalue weighted by Crippen LogP contribution is 1.85. The van der Waals surface area contributed by atoms with Gasteiger partial charge in [-0.15, -0.1) is 0 Å². The summed E-state index contributed by atoms with van der Waals surface area (Å²) in [4.78, 5) is 2.06. The lowest BCUT2D eigenvalue weighted by Crippen LogP contribution is -2.28. The molecule has 9 heavy (non-hydrogen) atoms. The molecule has 0 aromatic rings. The highest BCUT2D eigenvalue weighted by Gasteiger charge is 1.99. The Bertz CT molecular complexity index is 91.1. The van der Waals surface area contributed by atoms with Crippen molar-refractivity contribution in [1.29, 1.82) is 0 Å². The van der Waals surface area contributed by atoms with Crippen molar-refractivity contribution in [3.05, 3.63) is 0 Å². The Hall–Kier alpha value is -0.150. The van der Waals surface area contributed by atoms with E-state index in [9.17, 15) is 0 Å². The monoisotopic (exact) mass is 147 g/mol. The molecule has 0 aliphatic carbocycles. The zero-order valence-corrected chi connectivity index (χ0v) is 6.74. The second kappa shape index (κ2) is 4.70. The van der Waals surface area contributed by atoms with E-state index in [1.165, 1.54) is 0 Å². The third-order valence-corrected chi connectivity index (χ3v) is 1.38. The molecule has 0 unspecified atom stereocenters.